The molecule has 3 N–H and O–H groups in total. The summed E-state index contributed by atoms with van der Waals surface area (Å²) in [6.07, 6.45) is 1.15. The Hall–Kier alpha value is -1.09. The van der Waals surface area contributed by atoms with Crippen LogP contribution in [0.3, 0.4) is 0 Å². The van der Waals surface area contributed by atoms with Crippen molar-refractivity contribution in [3.63, 3.8) is 0 Å². The van der Waals surface area contributed by atoms with Crippen molar-refractivity contribution in [1.82, 2.24) is 4.98 Å². The van der Waals surface area contributed by atoms with E-state index in [1.165, 1.54) is 0 Å². The number of nitrogens with zero attached hydrogens (tertiary/aromatic N) is 1. The van der Waals surface area contributed by atoms with Gasteiger partial charge >= 0.3 is 0 Å². The van der Waals surface area contributed by atoms with E-state index in [2.05, 4.69) is 24.1 Å². The van der Waals surface area contributed by atoms with Crippen LogP contribution in [0.5, 0.6) is 0 Å². The highest BCUT2D eigenvalue weighted by atomic mass is 15.0. The highest BCUT2D eigenvalue weighted by Gasteiger charge is 2.02. The first-order chi connectivity index (χ1) is 7.13. The van der Waals surface area contributed by atoms with Gasteiger partial charge in [0.1, 0.15) is 5.82 Å². The van der Waals surface area contributed by atoms with E-state index in [1.54, 1.807) is 0 Å². The van der Waals surface area contributed by atoms with E-state index in [0.29, 0.717) is 12.5 Å². The number of nitrogens with two attached hydrogens (primary N) is 1. The molecule has 0 saturated carbocycles. The highest BCUT2D eigenvalue weighted by Crippen LogP contribution is 2.13. The van der Waals surface area contributed by atoms with Gasteiger partial charge in [0.2, 0.25) is 0 Å². The summed E-state index contributed by atoms with van der Waals surface area (Å²) in [7, 11) is 0. The first-order valence-electron chi connectivity index (χ1n) is 5.54. The first kappa shape index (κ1) is 12.0. The van der Waals surface area contributed by atoms with Crippen LogP contribution in [-0.2, 0) is 6.54 Å². The van der Waals surface area contributed by atoms with Crippen LogP contribution in [0.1, 0.15) is 31.5 Å². The molecule has 0 unspecified atom stereocenters. The maximum Gasteiger partial charge on any atom is 0.130 e. The van der Waals surface area contributed by atoms with Crippen LogP contribution in [0.15, 0.2) is 12.1 Å². The zero-order chi connectivity index (χ0) is 11.3. The lowest BCUT2D eigenvalue weighted by Gasteiger charge is -2.11. The van der Waals surface area contributed by atoms with Gasteiger partial charge < -0.3 is 11.1 Å². The van der Waals surface area contributed by atoms with Crippen molar-refractivity contribution in [2.75, 3.05) is 11.9 Å². The lowest BCUT2D eigenvalue weighted by atomic mass is 10.1. The van der Waals surface area contributed by atoms with Gasteiger partial charge in [-0.25, -0.2) is 4.98 Å². The van der Waals surface area contributed by atoms with E-state index in [4.69, 9.17) is 5.73 Å². The molecule has 84 valence electrons. The fourth-order valence-electron chi connectivity index (χ4n) is 1.38. The standard InChI is InChI=1S/C12H21N3/c1-9(2)6-7-14-12-11(8-13)5-4-10(3)15-12/h4-5,9H,6-8,13H2,1-3H3,(H,14,15). The van der Waals surface area contributed by atoms with E-state index < -0.39 is 0 Å². The predicted octanol–water partition coefficient (Wildman–Crippen LogP) is 2.31. The Balaban J connectivity index is 2.62. The number of hydrogen-bond donors (Lipinski definition) is 2. The molecular weight excluding hydrogens is 186 g/mol. The second-order valence-corrected chi connectivity index (χ2v) is 4.27. The lowest BCUT2D eigenvalue weighted by Crippen LogP contribution is -2.10. The Morgan fingerprint density at radius 2 is 2.13 bits per heavy atom. The molecule has 0 atom stereocenters. The van der Waals surface area contributed by atoms with Crippen LogP contribution < -0.4 is 11.1 Å². The van der Waals surface area contributed by atoms with Gasteiger partial charge in [-0.15, -0.1) is 0 Å². The summed E-state index contributed by atoms with van der Waals surface area (Å²) in [5.41, 5.74) is 7.77. The zero-order valence-electron chi connectivity index (χ0n) is 9.88. The molecule has 0 aliphatic rings. The minimum absolute atomic E-state index is 0.539. The summed E-state index contributed by atoms with van der Waals surface area (Å²) in [6, 6.07) is 4.04. The molecule has 0 radical (unpaired) electrons. The fourth-order valence-corrected chi connectivity index (χ4v) is 1.38. The number of nitrogens with one attached hydrogen (secondary N) is 1. The molecule has 1 rings (SSSR count). The maximum absolute atomic E-state index is 5.65. The molecule has 0 amide bonds. The minimum Gasteiger partial charge on any atom is -0.370 e. The van der Waals surface area contributed by atoms with Crippen LogP contribution in [0, 0.1) is 12.8 Å². The quantitative estimate of drug-likeness (QED) is 0.779. The van der Waals surface area contributed by atoms with Crippen molar-refractivity contribution in [2.45, 2.75) is 33.7 Å². The minimum atomic E-state index is 0.539. The topological polar surface area (TPSA) is 50.9 Å². The van der Waals surface area contributed by atoms with Crippen molar-refractivity contribution in [3.05, 3.63) is 23.4 Å². The molecule has 0 bridgehead atoms. The Labute approximate surface area is 92.1 Å². The largest absolute Gasteiger partial charge is 0.370 e. The normalized spacial score (nSPS) is 10.7. The summed E-state index contributed by atoms with van der Waals surface area (Å²) in [5, 5.41) is 3.35. The van der Waals surface area contributed by atoms with Crippen LogP contribution in [0.25, 0.3) is 0 Å². The molecule has 0 spiro atoms. The number of aromatic nitrogens is 1. The highest BCUT2D eigenvalue weighted by molar-refractivity contribution is 5.44. The molecule has 0 aromatic carbocycles. The Morgan fingerprint density at radius 1 is 1.40 bits per heavy atom. The third kappa shape index (κ3) is 3.88. The molecule has 0 aliphatic heterocycles. The summed E-state index contributed by atoms with van der Waals surface area (Å²) < 4.78 is 0. The molecule has 0 fully saturated rings. The number of rotatable bonds is 5. The molecule has 1 aromatic heterocycles. The van der Waals surface area contributed by atoms with Gasteiger partial charge in [0.15, 0.2) is 0 Å². The molecule has 0 saturated heterocycles. The molecular formula is C12H21N3. The molecule has 1 heterocycles. The second-order valence-electron chi connectivity index (χ2n) is 4.27. The van der Waals surface area contributed by atoms with E-state index in [0.717, 1.165) is 30.0 Å². The van der Waals surface area contributed by atoms with Crippen molar-refractivity contribution in [2.24, 2.45) is 11.7 Å². The molecule has 1 aromatic rings. The Morgan fingerprint density at radius 3 is 2.73 bits per heavy atom. The van der Waals surface area contributed by atoms with Crippen molar-refractivity contribution >= 4 is 5.82 Å². The monoisotopic (exact) mass is 207 g/mol. The van der Waals surface area contributed by atoms with E-state index in [9.17, 15) is 0 Å². The average Bonchev–Trinajstić information content (AvgIpc) is 2.17. The van der Waals surface area contributed by atoms with Crippen LogP contribution in [0.2, 0.25) is 0 Å². The number of aryl methyl sites for hydroxylation is 1. The SMILES string of the molecule is Cc1ccc(CN)c(NCCC(C)C)n1. The molecule has 15 heavy (non-hydrogen) atoms. The summed E-state index contributed by atoms with van der Waals surface area (Å²) >= 11 is 0. The van der Waals surface area contributed by atoms with Gasteiger partial charge in [-0.3, -0.25) is 0 Å². The van der Waals surface area contributed by atoms with Crippen LogP contribution in [0.4, 0.5) is 5.82 Å². The third-order valence-corrected chi connectivity index (χ3v) is 2.35. The molecule has 0 aliphatic carbocycles. The molecule has 3 nitrogen and oxygen atoms in total. The lowest BCUT2D eigenvalue weighted by molar-refractivity contribution is 0.606. The Kier molecular flexibility index (Phi) is 4.56. The van der Waals surface area contributed by atoms with Crippen molar-refractivity contribution in [1.29, 1.82) is 0 Å². The Bertz CT molecular complexity index is 308. The summed E-state index contributed by atoms with van der Waals surface area (Å²) in [5.74, 6) is 1.65. The van der Waals surface area contributed by atoms with Gasteiger partial charge in [-0.05, 0) is 25.3 Å². The number of anilines is 1. The van der Waals surface area contributed by atoms with E-state index in [-0.39, 0.29) is 0 Å². The third-order valence-electron chi connectivity index (χ3n) is 2.35. The number of hydrogen-bond acceptors (Lipinski definition) is 3. The van der Waals surface area contributed by atoms with Crippen molar-refractivity contribution < 1.29 is 0 Å². The molecule has 3 heteroatoms. The van der Waals surface area contributed by atoms with Crippen molar-refractivity contribution in [3.8, 4) is 0 Å². The van der Waals surface area contributed by atoms with E-state index >= 15 is 0 Å². The van der Waals surface area contributed by atoms with Gasteiger partial charge in [0.25, 0.3) is 0 Å². The summed E-state index contributed by atoms with van der Waals surface area (Å²) in [4.78, 5) is 4.45. The van der Waals surface area contributed by atoms with Crippen LogP contribution >= 0.6 is 0 Å². The first-order valence-corrected chi connectivity index (χ1v) is 5.54. The summed E-state index contributed by atoms with van der Waals surface area (Å²) in [6.45, 7) is 7.93. The van der Waals surface area contributed by atoms with Gasteiger partial charge in [-0.1, -0.05) is 19.9 Å². The van der Waals surface area contributed by atoms with E-state index in [1.807, 2.05) is 19.1 Å². The fraction of sp³-hybridized carbons (Fsp3) is 0.583. The van der Waals surface area contributed by atoms with Crippen LogP contribution in [-0.4, -0.2) is 11.5 Å². The smallest absolute Gasteiger partial charge is 0.130 e. The van der Waals surface area contributed by atoms with Gasteiger partial charge in [0.05, 0.1) is 0 Å². The maximum atomic E-state index is 5.65. The second kappa shape index (κ2) is 5.71. The van der Waals surface area contributed by atoms with Gasteiger partial charge in [0, 0.05) is 24.3 Å². The predicted molar refractivity (Wildman–Crippen MR) is 64.8 cm³/mol. The number of pyridine rings is 1. The average molecular weight is 207 g/mol. The van der Waals surface area contributed by atoms with Gasteiger partial charge in [-0.2, -0.15) is 0 Å². The zero-order valence-corrected chi connectivity index (χ0v) is 9.88.